The highest BCUT2D eigenvalue weighted by molar-refractivity contribution is 5.85. The van der Waals surface area contributed by atoms with E-state index in [0.717, 1.165) is 6.92 Å². The molecule has 2 heterocycles. The van der Waals surface area contributed by atoms with Crippen LogP contribution in [0.5, 0.6) is 5.75 Å². The van der Waals surface area contributed by atoms with Gasteiger partial charge in [0, 0.05) is 10.9 Å². The molecular weight excluding hydrogens is 301 g/mol. The van der Waals surface area contributed by atoms with Gasteiger partial charge in [-0.25, -0.2) is 0 Å². The van der Waals surface area contributed by atoms with E-state index in [1.165, 1.54) is 6.26 Å². The molecule has 1 aliphatic heterocycles. The number of carboxylic acid groups (broad SMARTS) is 1. The lowest BCUT2D eigenvalue weighted by molar-refractivity contribution is -0.235. The molecule has 2 aromatic rings. The monoisotopic (exact) mass is 314 g/mol. The minimum Gasteiger partial charge on any atom is -0.481 e. The summed E-state index contributed by atoms with van der Waals surface area (Å²) in [5, 5.41) is 9.95. The molecule has 1 N–H and O–H groups in total. The number of furan rings is 1. The van der Waals surface area contributed by atoms with Crippen LogP contribution in [0.4, 0.5) is 13.2 Å². The number of ether oxygens (including phenoxy) is 1. The fraction of sp³-hybridized carbons (Fsp3) is 0.400. The van der Waals surface area contributed by atoms with Gasteiger partial charge in [-0.2, -0.15) is 13.2 Å². The fourth-order valence-corrected chi connectivity index (χ4v) is 2.98. The number of aliphatic carboxylic acids is 1. The van der Waals surface area contributed by atoms with Crippen LogP contribution < -0.4 is 4.74 Å². The summed E-state index contributed by atoms with van der Waals surface area (Å²) in [6.45, 7) is 2.69. The zero-order valence-corrected chi connectivity index (χ0v) is 11.8. The Morgan fingerprint density at radius 1 is 1.45 bits per heavy atom. The van der Waals surface area contributed by atoms with Crippen LogP contribution in [-0.4, -0.2) is 23.4 Å². The fourth-order valence-electron chi connectivity index (χ4n) is 2.98. The molecule has 0 amide bonds. The lowest BCUT2D eigenvalue weighted by atomic mass is 9.75. The largest absolute Gasteiger partial charge is 0.481 e. The van der Waals surface area contributed by atoms with Crippen LogP contribution >= 0.6 is 0 Å². The first-order valence-electron chi connectivity index (χ1n) is 6.61. The first-order chi connectivity index (χ1) is 10.1. The van der Waals surface area contributed by atoms with Crippen LogP contribution in [0, 0.1) is 12.3 Å². The van der Waals surface area contributed by atoms with Crippen molar-refractivity contribution in [1.29, 1.82) is 0 Å². The Balaban J connectivity index is 2.22. The van der Waals surface area contributed by atoms with E-state index in [4.69, 9.17) is 9.15 Å². The predicted molar refractivity (Wildman–Crippen MR) is 70.9 cm³/mol. The summed E-state index contributed by atoms with van der Waals surface area (Å²) in [6.07, 6.45) is -6.02. The molecule has 2 unspecified atom stereocenters. The van der Waals surface area contributed by atoms with Crippen LogP contribution in [0.2, 0.25) is 0 Å². The van der Waals surface area contributed by atoms with Gasteiger partial charge in [0.05, 0.1) is 6.26 Å². The molecule has 0 saturated heterocycles. The van der Waals surface area contributed by atoms with E-state index in [2.05, 4.69) is 0 Å². The maximum atomic E-state index is 13.3. The van der Waals surface area contributed by atoms with Gasteiger partial charge < -0.3 is 14.3 Å². The zero-order valence-electron chi connectivity index (χ0n) is 11.8. The summed E-state index contributed by atoms with van der Waals surface area (Å²) >= 11 is 0. The highest BCUT2D eigenvalue weighted by Gasteiger charge is 2.59. The van der Waals surface area contributed by atoms with Gasteiger partial charge in [0.25, 0.3) is 0 Å². The molecule has 2 atom stereocenters. The van der Waals surface area contributed by atoms with Gasteiger partial charge in [-0.05, 0) is 38.0 Å². The molecule has 1 aromatic carbocycles. The molecule has 0 aliphatic carbocycles. The highest BCUT2D eigenvalue weighted by atomic mass is 19.4. The van der Waals surface area contributed by atoms with E-state index in [1.54, 1.807) is 19.1 Å². The van der Waals surface area contributed by atoms with Gasteiger partial charge in [-0.3, -0.25) is 4.79 Å². The van der Waals surface area contributed by atoms with Crippen molar-refractivity contribution < 1.29 is 32.2 Å². The molecule has 3 rings (SSSR count). The SMILES string of the molecule is Cc1c2c(cc3occc13)CC(C)(C(=O)O)C(C(F)(F)F)O2. The van der Waals surface area contributed by atoms with Gasteiger partial charge >= 0.3 is 12.1 Å². The lowest BCUT2D eigenvalue weighted by Gasteiger charge is -2.40. The Bertz CT molecular complexity index is 762. The number of aryl methyl sites for hydroxylation is 1. The van der Waals surface area contributed by atoms with E-state index in [9.17, 15) is 23.1 Å². The summed E-state index contributed by atoms with van der Waals surface area (Å²) in [6, 6.07) is 3.19. The molecule has 1 aliphatic rings. The zero-order chi connectivity index (χ0) is 16.3. The van der Waals surface area contributed by atoms with Crippen molar-refractivity contribution in [3.05, 3.63) is 29.5 Å². The average molecular weight is 314 g/mol. The van der Waals surface area contributed by atoms with Crippen molar-refractivity contribution >= 4 is 16.9 Å². The average Bonchev–Trinajstić information content (AvgIpc) is 2.85. The Labute approximate surface area is 123 Å². The van der Waals surface area contributed by atoms with Crippen LogP contribution in [0.25, 0.3) is 11.0 Å². The van der Waals surface area contributed by atoms with Gasteiger partial charge in [0.2, 0.25) is 6.10 Å². The predicted octanol–water partition coefficient (Wildman–Crippen LogP) is 3.70. The van der Waals surface area contributed by atoms with Gasteiger partial charge in [-0.1, -0.05) is 0 Å². The summed E-state index contributed by atoms with van der Waals surface area (Å²) in [5.41, 5.74) is -0.663. The van der Waals surface area contributed by atoms with Gasteiger partial charge in [-0.15, -0.1) is 0 Å². The molecular formula is C15H13F3O4. The molecule has 0 saturated carbocycles. The second-order valence-electron chi connectivity index (χ2n) is 5.76. The number of halogens is 3. The number of carbonyl (C=O) groups is 1. The molecule has 22 heavy (non-hydrogen) atoms. The summed E-state index contributed by atoms with van der Waals surface area (Å²) < 4.78 is 50.2. The van der Waals surface area contributed by atoms with Crippen LogP contribution in [0.1, 0.15) is 18.1 Å². The number of fused-ring (bicyclic) bond motifs is 2. The lowest BCUT2D eigenvalue weighted by Crippen LogP contribution is -2.55. The Morgan fingerprint density at radius 3 is 2.73 bits per heavy atom. The molecule has 7 heteroatoms. The number of hydrogen-bond acceptors (Lipinski definition) is 3. The van der Waals surface area contributed by atoms with Crippen LogP contribution in [-0.2, 0) is 11.2 Å². The number of alkyl halides is 3. The maximum absolute atomic E-state index is 13.3. The number of benzene rings is 1. The van der Waals surface area contributed by atoms with Crippen molar-refractivity contribution in [3.63, 3.8) is 0 Å². The van der Waals surface area contributed by atoms with E-state index in [1.807, 2.05) is 0 Å². The first kappa shape index (κ1) is 14.7. The number of hydrogen-bond donors (Lipinski definition) is 1. The summed E-state index contributed by atoms with van der Waals surface area (Å²) in [7, 11) is 0. The third-order valence-electron chi connectivity index (χ3n) is 4.19. The quantitative estimate of drug-likeness (QED) is 0.872. The standard InChI is InChI=1S/C15H13F3O4/c1-7-9-3-4-21-10(9)5-8-6-14(2,13(19)20)12(15(16,17)18)22-11(7)8/h3-5,12H,6H2,1-2H3,(H,19,20). The minimum atomic E-state index is -4.78. The van der Waals surface area contributed by atoms with E-state index in [0.29, 0.717) is 22.1 Å². The van der Waals surface area contributed by atoms with Crippen molar-refractivity contribution in [2.24, 2.45) is 5.41 Å². The third-order valence-corrected chi connectivity index (χ3v) is 4.19. The molecule has 0 fully saturated rings. The molecule has 0 spiro atoms. The maximum Gasteiger partial charge on any atom is 0.426 e. The van der Waals surface area contributed by atoms with Crippen molar-refractivity contribution in [3.8, 4) is 5.75 Å². The molecule has 118 valence electrons. The first-order valence-corrected chi connectivity index (χ1v) is 6.61. The summed E-state index contributed by atoms with van der Waals surface area (Å²) in [5.74, 6) is -1.45. The molecule has 0 bridgehead atoms. The minimum absolute atomic E-state index is 0.0925. The van der Waals surface area contributed by atoms with E-state index in [-0.39, 0.29) is 12.2 Å². The normalized spacial score (nSPS) is 24.9. The molecule has 4 nitrogen and oxygen atoms in total. The second kappa shape index (κ2) is 4.41. The van der Waals surface area contributed by atoms with Crippen molar-refractivity contribution in [1.82, 2.24) is 0 Å². The van der Waals surface area contributed by atoms with E-state index < -0.39 is 23.7 Å². The third kappa shape index (κ3) is 1.95. The molecule has 0 radical (unpaired) electrons. The number of rotatable bonds is 1. The second-order valence-corrected chi connectivity index (χ2v) is 5.76. The topological polar surface area (TPSA) is 59.7 Å². The number of carboxylic acids is 1. The van der Waals surface area contributed by atoms with Crippen LogP contribution in [0.15, 0.2) is 22.8 Å². The van der Waals surface area contributed by atoms with Gasteiger partial charge in [0.1, 0.15) is 16.7 Å². The molecule has 1 aromatic heterocycles. The Hall–Kier alpha value is -2.18. The summed E-state index contributed by atoms with van der Waals surface area (Å²) in [4.78, 5) is 11.4. The smallest absolute Gasteiger partial charge is 0.426 e. The van der Waals surface area contributed by atoms with Crippen molar-refractivity contribution in [2.75, 3.05) is 0 Å². The highest BCUT2D eigenvalue weighted by Crippen LogP contribution is 2.47. The van der Waals surface area contributed by atoms with E-state index >= 15 is 0 Å². The van der Waals surface area contributed by atoms with Gasteiger partial charge in [0.15, 0.2) is 0 Å². The Morgan fingerprint density at radius 2 is 2.14 bits per heavy atom. The Kier molecular flexibility index (Phi) is 2.95. The van der Waals surface area contributed by atoms with Crippen molar-refractivity contribution in [2.45, 2.75) is 32.5 Å². The van der Waals surface area contributed by atoms with Crippen LogP contribution in [0.3, 0.4) is 0 Å².